The van der Waals surface area contributed by atoms with Crippen molar-refractivity contribution in [3.05, 3.63) is 46.4 Å². The minimum absolute atomic E-state index is 0.0520. The topological polar surface area (TPSA) is 41.1 Å². The van der Waals surface area contributed by atoms with Gasteiger partial charge < -0.3 is 10.6 Å². The van der Waals surface area contributed by atoms with Crippen LogP contribution in [-0.4, -0.2) is 24.0 Å². The van der Waals surface area contributed by atoms with Gasteiger partial charge in [0.05, 0.1) is 0 Å². The average Bonchev–Trinajstić information content (AvgIpc) is 2.85. The summed E-state index contributed by atoms with van der Waals surface area (Å²) in [5.41, 5.74) is 0.751. The Balaban J connectivity index is 1.51. The number of carbonyl (C=O) groups is 1. The van der Waals surface area contributed by atoms with Gasteiger partial charge in [0, 0.05) is 28.2 Å². The van der Waals surface area contributed by atoms with Crippen LogP contribution in [0.4, 0.5) is 0 Å². The molecule has 2 aromatic rings. The summed E-state index contributed by atoms with van der Waals surface area (Å²) < 4.78 is 1.06. The average molecular weight is 359 g/mol. The third kappa shape index (κ3) is 2.77. The molecule has 3 nitrogen and oxygen atoms in total. The molecule has 2 N–H and O–H groups in total. The maximum absolute atomic E-state index is 12.5. The fourth-order valence-corrected chi connectivity index (χ4v) is 4.18. The van der Waals surface area contributed by atoms with Crippen LogP contribution in [-0.2, 0) is 0 Å². The molecule has 0 aromatic heterocycles. The maximum atomic E-state index is 12.5. The number of hydrogen-bond donors (Lipinski definition) is 2. The largest absolute Gasteiger partial charge is 0.349 e. The van der Waals surface area contributed by atoms with Gasteiger partial charge in [0.2, 0.25) is 0 Å². The van der Waals surface area contributed by atoms with Crippen molar-refractivity contribution >= 4 is 32.6 Å². The van der Waals surface area contributed by atoms with E-state index in [2.05, 4.69) is 32.6 Å². The Kier molecular flexibility index (Phi) is 3.66. The molecular weight excluding hydrogens is 340 g/mol. The van der Waals surface area contributed by atoms with Crippen molar-refractivity contribution in [2.75, 3.05) is 0 Å². The minimum Gasteiger partial charge on any atom is -0.349 e. The zero-order valence-corrected chi connectivity index (χ0v) is 13.9. The zero-order chi connectivity index (χ0) is 15.1. The first-order valence-corrected chi connectivity index (χ1v) is 8.73. The van der Waals surface area contributed by atoms with E-state index in [9.17, 15) is 4.79 Å². The molecule has 2 saturated heterocycles. The van der Waals surface area contributed by atoms with E-state index in [0.717, 1.165) is 33.7 Å². The van der Waals surface area contributed by atoms with Gasteiger partial charge in [-0.05, 0) is 60.7 Å². The monoisotopic (exact) mass is 358 g/mol. The molecule has 22 heavy (non-hydrogen) atoms. The molecule has 2 unspecified atom stereocenters. The molecule has 0 aliphatic carbocycles. The highest BCUT2D eigenvalue weighted by atomic mass is 79.9. The number of halogens is 1. The molecule has 2 fully saturated rings. The van der Waals surface area contributed by atoms with Crippen molar-refractivity contribution in [1.82, 2.24) is 10.6 Å². The highest BCUT2D eigenvalue weighted by Gasteiger charge is 2.34. The quantitative estimate of drug-likeness (QED) is 0.860. The van der Waals surface area contributed by atoms with E-state index < -0.39 is 0 Å². The molecule has 0 saturated carbocycles. The summed E-state index contributed by atoms with van der Waals surface area (Å²) in [5.74, 6) is 0.0520. The Labute approximate surface area is 138 Å². The molecular formula is C18H19BrN2O. The van der Waals surface area contributed by atoms with E-state index in [-0.39, 0.29) is 5.91 Å². The number of fused-ring (bicyclic) bond motifs is 3. The Morgan fingerprint density at radius 2 is 1.73 bits per heavy atom. The predicted molar refractivity (Wildman–Crippen MR) is 92.1 cm³/mol. The third-order valence-corrected chi connectivity index (χ3v) is 5.37. The Hall–Kier alpha value is -1.39. The van der Waals surface area contributed by atoms with Crippen LogP contribution in [0, 0.1) is 0 Å². The van der Waals surface area contributed by atoms with Gasteiger partial charge in [-0.25, -0.2) is 0 Å². The highest BCUT2D eigenvalue weighted by Crippen LogP contribution is 2.27. The second-order valence-electron chi connectivity index (χ2n) is 6.49. The number of rotatable bonds is 2. The molecule has 114 valence electrons. The number of amides is 1. The molecule has 2 bridgehead atoms. The lowest BCUT2D eigenvalue weighted by atomic mass is 9.99. The van der Waals surface area contributed by atoms with Gasteiger partial charge in [-0.3, -0.25) is 4.79 Å². The molecule has 2 aliphatic heterocycles. The van der Waals surface area contributed by atoms with E-state index in [1.807, 2.05) is 30.3 Å². The van der Waals surface area contributed by atoms with Crippen LogP contribution in [0.3, 0.4) is 0 Å². The smallest absolute Gasteiger partial charge is 0.251 e. The van der Waals surface area contributed by atoms with E-state index in [1.165, 1.54) is 12.8 Å². The Morgan fingerprint density at radius 3 is 2.50 bits per heavy atom. The van der Waals surface area contributed by atoms with Crippen LogP contribution in [0.5, 0.6) is 0 Å². The van der Waals surface area contributed by atoms with Crippen LogP contribution >= 0.6 is 15.9 Å². The van der Waals surface area contributed by atoms with Gasteiger partial charge in [-0.15, -0.1) is 0 Å². The van der Waals surface area contributed by atoms with Crippen LogP contribution < -0.4 is 10.6 Å². The fourth-order valence-electron chi connectivity index (χ4n) is 3.80. The highest BCUT2D eigenvalue weighted by molar-refractivity contribution is 9.10. The van der Waals surface area contributed by atoms with E-state index >= 15 is 0 Å². The Bertz CT molecular complexity index is 718. The molecule has 0 radical (unpaired) electrons. The van der Waals surface area contributed by atoms with Crippen molar-refractivity contribution in [2.24, 2.45) is 0 Å². The molecule has 1 amide bonds. The summed E-state index contributed by atoms with van der Waals surface area (Å²) in [4.78, 5) is 12.5. The van der Waals surface area contributed by atoms with Crippen molar-refractivity contribution < 1.29 is 4.79 Å². The van der Waals surface area contributed by atoms with Gasteiger partial charge in [0.15, 0.2) is 0 Å². The number of nitrogens with one attached hydrogen (secondary N) is 2. The number of hydrogen-bond acceptors (Lipinski definition) is 2. The second kappa shape index (κ2) is 5.67. The zero-order valence-electron chi connectivity index (χ0n) is 12.3. The third-order valence-electron chi connectivity index (χ3n) is 4.87. The molecule has 2 aromatic carbocycles. The fraction of sp³-hybridized carbons (Fsp3) is 0.389. The lowest BCUT2D eigenvalue weighted by Gasteiger charge is -2.29. The Morgan fingerprint density at radius 1 is 1.05 bits per heavy atom. The van der Waals surface area contributed by atoms with Crippen molar-refractivity contribution in [3.63, 3.8) is 0 Å². The maximum Gasteiger partial charge on any atom is 0.251 e. The molecule has 4 heteroatoms. The lowest BCUT2D eigenvalue weighted by Crippen LogP contribution is -2.48. The second-order valence-corrected chi connectivity index (χ2v) is 7.40. The van der Waals surface area contributed by atoms with Crippen LogP contribution in [0.1, 0.15) is 36.0 Å². The summed E-state index contributed by atoms with van der Waals surface area (Å²) in [5, 5.41) is 9.07. The molecule has 0 spiro atoms. The van der Waals surface area contributed by atoms with Crippen LogP contribution in [0.2, 0.25) is 0 Å². The van der Waals surface area contributed by atoms with E-state index in [4.69, 9.17) is 0 Å². The first kappa shape index (κ1) is 14.2. The summed E-state index contributed by atoms with van der Waals surface area (Å²) in [6.07, 6.45) is 4.62. The predicted octanol–water partition coefficient (Wildman–Crippen LogP) is 3.62. The minimum atomic E-state index is 0.0520. The molecule has 2 atom stereocenters. The van der Waals surface area contributed by atoms with Gasteiger partial charge in [0.1, 0.15) is 0 Å². The molecule has 2 heterocycles. The first-order valence-electron chi connectivity index (χ1n) is 7.93. The van der Waals surface area contributed by atoms with Crippen LogP contribution in [0.15, 0.2) is 40.9 Å². The van der Waals surface area contributed by atoms with Gasteiger partial charge >= 0.3 is 0 Å². The van der Waals surface area contributed by atoms with E-state index in [0.29, 0.717) is 18.1 Å². The van der Waals surface area contributed by atoms with Gasteiger partial charge in [-0.2, -0.15) is 0 Å². The number of piperidine rings is 1. The standard InChI is InChI=1S/C18H19BrN2O/c19-14-4-3-11-7-13(2-1-12(11)8-14)18(22)21-17-9-15-5-6-16(10-17)20-15/h1-4,7-8,15-17,20H,5-6,9-10H2,(H,21,22). The molecule has 2 aliphatic rings. The number of carbonyl (C=O) groups excluding carboxylic acids is 1. The van der Waals surface area contributed by atoms with Gasteiger partial charge in [-0.1, -0.05) is 28.1 Å². The molecule has 4 rings (SSSR count). The number of benzene rings is 2. The van der Waals surface area contributed by atoms with Crippen molar-refractivity contribution in [1.29, 1.82) is 0 Å². The van der Waals surface area contributed by atoms with E-state index in [1.54, 1.807) is 0 Å². The van der Waals surface area contributed by atoms with Crippen molar-refractivity contribution in [2.45, 2.75) is 43.8 Å². The van der Waals surface area contributed by atoms with Gasteiger partial charge in [0.25, 0.3) is 5.91 Å². The summed E-state index contributed by atoms with van der Waals surface area (Å²) in [6.45, 7) is 0. The SMILES string of the molecule is O=C(NC1CC2CCC(C1)N2)c1ccc2cc(Br)ccc2c1. The van der Waals surface area contributed by atoms with Crippen LogP contribution in [0.25, 0.3) is 10.8 Å². The normalized spacial score (nSPS) is 27.0. The van der Waals surface area contributed by atoms with Crippen molar-refractivity contribution in [3.8, 4) is 0 Å². The lowest BCUT2D eigenvalue weighted by molar-refractivity contribution is 0.0924. The summed E-state index contributed by atoms with van der Waals surface area (Å²) >= 11 is 3.48. The summed E-state index contributed by atoms with van der Waals surface area (Å²) in [7, 11) is 0. The summed E-state index contributed by atoms with van der Waals surface area (Å²) in [6, 6.07) is 13.5. The first-order chi connectivity index (χ1) is 10.7.